The molecule has 2 aromatic rings. The van der Waals surface area contributed by atoms with E-state index >= 15 is 0 Å². The lowest BCUT2D eigenvalue weighted by Crippen LogP contribution is -2.41. The zero-order chi connectivity index (χ0) is 14.8. The second kappa shape index (κ2) is 5.68. The molecule has 1 atom stereocenters. The molecular weight excluding hydrogens is 266 g/mol. The fourth-order valence-corrected chi connectivity index (χ4v) is 2.86. The molecule has 0 radical (unpaired) electrons. The molecule has 0 unspecified atom stereocenters. The van der Waals surface area contributed by atoms with Crippen LogP contribution in [0.4, 0.5) is 0 Å². The third-order valence-electron chi connectivity index (χ3n) is 4.13. The summed E-state index contributed by atoms with van der Waals surface area (Å²) in [7, 11) is 0. The quantitative estimate of drug-likeness (QED) is 0.847. The van der Waals surface area contributed by atoms with E-state index in [9.17, 15) is 9.59 Å². The summed E-state index contributed by atoms with van der Waals surface area (Å²) >= 11 is 0. The number of carbonyl (C=O) groups excluding carboxylic acids is 1. The molecule has 0 spiro atoms. The average molecular weight is 285 g/mol. The Morgan fingerprint density at radius 3 is 2.67 bits per heavy atom. The minimum atomic E-state index is -0.507. The summed E-state index contributed by atoms with van der Waals surface area (Å²) in [6.07, 6.45) is 4.75. The van der Waals surface area contributed by atoms with E-state index in [0.29, 0.717) is 10.9 Å². The van der Waals surface area contributed by atoms with Crippen molar-refractivity contribution in [2.45, 2.75) is 32.2 Å². The van der Waals surface area contributed by atoms with Gasteiger partial charge in [0.15, 0.2) is 0 Å². The van der Waals surface area contributed by atoms with Crippen LogP contribution >= 0.6 is 0 Å². The molecule has 0 bridgehead atoms. The molecule has 2 heterocycles. The van der Waals surface area contributed by atoms with E-state index in [-0.39, 0.29) is 11.5 Å². The lowest BCUT2D eigenvalue weighted by Gasteiger charge is -2.29. The molecule has 1 aromatic heterocycles. The molecule has 1 aliphatic rings. The smallest absolute Gasteiger partial charge is 0.261 e. The van der Waals surface area contributed by atoms with Crippen molar-refractivity contribution in [3.63, 3.8) is 0 Å². The predicted molar refractivity (Wildman–Crippen MR) is 81.1 cm³/mol. The second-order valence-corrected chi connectivity index (χ2v) is 5.54. The molecule has 5 nitrogen and oxygen atoms in total. The van der Waals surface area contributed by atoms with Gasteiger partial charge in [0.05, 0.1) is 17.2 Å². The molecule has 0 aliphatic carbocycles. The lowest BCUT2D eigenvalue weighted by molar-refractivity contribution is -0.135. The van der Waals surface area contributed by atoms with Gasteiger partial charge in [-0.1, -0.05) is 12.1 Å². The Balaban J connectivity index is 1.94. The van der Waals surface area contributed by atoms with E-state index in [0.717, 1.165) is 25.9 Å². The molecule has 110 valence electrons. The summed E-state index contributed by atoms with van der Waals surface area (Å²) in [5.74, 6) is 0.00822. The van der Waals surface area contributed by atoms with Crippen LogP contribution in [0, 0.1) is 0 Å². The van der Waals surface area contributed by atoms with Gasteiger partial charge < -0.3 is 4.90 Å². The van der Waals surface area contributed by atoms with Crippen LogP contribution in [0.1, 0.15) is 32.2 Å². The fraction of sp³-hybridized carbons (Fsp3) is 0.438. The number of benzene rings is 1. The number of nitrogens with zero attached hydrogens (tertiary/aromatic N) is 3. The molecule has 5 heteroatoms. The van der Waals surface area contributed by atoms with Gasteiger partial charge in [0, 0.05) is 13.1 Å². The first-order valence-corrected chi connectivity index (χ1v) is 7.43. The number of para-hydroxylation sites is 1. The number of likely N-dealkylation sites (tertiary alicyclic amines) is 1. The van der Waals surface area contributed by atoms with Crippen molar-refractivity contribution >= 4 is 16.8 Å². The van der Waals surface area contributed by atoms with Crippen LogP contribution in [-0.2, 0) is 4.79 Å². The maximum absolute atomic E-state index is 12.5. The Hall–Kier alpha value is -2.17. The van der Waals surface area contributed by atoms with Gasteiger partial charge >= 0.3 is 0 Å². The van der Waals surface area contributed by atoms with Gasteiger partial charge in [0.25, 0.3) is 5.56 Å². The fourth-order valence-electron chi connectivity index (χ4n) is 2.86. The Kier molecular flexibility index (Phi) is 3.73. The monoisotopic (exact) mass is 285 g/mol. The van der Waals surface area contributed by atoms with Crippen molar-refractivity contribution in [2.24, 2.45) is 0 Å². The molecule has 0 saturated carbocycles. The summed E-state index contributed by atoms with van der Waals surface area (Å²) < 4.78 is 1.44. The number of hydrogen-bond donors (Lipinski definition) is 0. The minimum Gasteiger partial charge on any atom is -0.341 e. The van der Waals surface area contributed by atoms with Crippen LogP contribution in [0.25, 0.3) is 10.9 Å². The third-order valence-corrected chi connectivity index (χ3v) is 4.13. The topological polar surface area (TPSA) is 55.2 Å². The van der Waals surface area contributed by atoms with Crippen LogP contribution in [0.2, 0.25) is 0 Å². The molecule has 1 saturated heterocycles. The van der Waals surface area contributed by atoms with Gasteiger partial charge in [-0.05, 0) is 38.3 Å². The van der Waals surface area contributed by atoms with Crippen molar-refractivity contribution in [3.8, 4) is 0 Å². The number of rotatable bonds is 2. The zero-order valence-corrected chi connectivity index (χ0v) is 12.2. The van der Waals surface area contributed by atoms with Crippen LogP contribution in [-0.4, -0.2) is 33.4 Å². The Bertz CT molecular complexity index is 717. The number of hydrogen-bond acceptors (Lipinski definition) is 3. The van der Waals surface area contributed by atoms with Gasteiger partial charge in [-0.25, -0.2) is 4.98 Å². The Labute approximate surface area is 123 Å². The summed E-state index contributed by atoms with van der Waals surface area (Å²) in [4.78, 5) is 31.2. The van der Waals surface area contributed by atoms with E-state index in [1.54, 1.807) is 19.1 Å². The first kappa shape index (κ1) is 13.8. The van der Waals surface area contributed by atoms with Crippen LogP contribution in [0.3, 0.4) is 0 Å². The van der Waals surface area contributed by atoms with Crippen LogP contribution in [0.5, 0.6) is 0 Å². The number of fused-ring (bicyclic) bond motifs is 1. The van der Waals surface area contributed by atoms with E-state index in [4.69, 9.17) is 0 Å². The van der Waals surface area contributed by atoms with Crippen LogP contribution in [0.15, 0.2) is 35.4 Å². The van der Waals surface area contributed by atoms with Crippen molar-refractivity contribution < 1.29 is 4.79 Å². The normalized spacial score (nSPS) is 16.9. The molecule has 1 fully saturated rings. The predicted octanol–water partition coefficient (Wildman–Crippen LogP) is 1.97. The van der Waals surface area contributed by atoms with Crippen molar-refractivity contribution in [1.29, 1.82) is 0 Å². The lowest BCUT2D eigenvalue weighted by atomic mass is 10.1. The summed E-state index contributed by atoms with van der Waals surface area (Å²) in [5, 5.41) is 0.554. The number of aromatic nitrogens is 2. The molecule has 3 rings (SSSR count). The van der Waals surface area contributed by atoms with Crippen LogP contribution < -0.4 is 5.56 Å². The number of piperidine rings is 1. The summed E-state index contributed by atoms with van der Waals surface area (Å²) in [6.45, 7) is 3.35. The Morgan fingerprint density at radius 1 is 1.19 bits per heavy atom. The third kappa shape index (κ3) is 2.55. The highest BCUT2D eigenvalue weighted by atomic mass is 16.2. The second-order valence-electron chi connectivity index (χ2n) is 5.54. The molecule has 0 N–H and O–H groups in total. The first-order valence-electron chi connectivity index (χ1n) is 7.43. The standard InChI is InChI=1S/C16H19N3O2/c1-12(15(20)18-9-5-2-6-10-18)19-11-17-14-8-4-3-7-13(14)16(19)21/h3-4,7-8,11-12H,2,5-6,9-10H2,1H3/t12-/m0/s1. The highest BCUT2D eigenvalue weighted by Gasteiger charge is 2.24. The largest absolute Gasteiger partial charge is 0.341 e. The van der Waals surface area contributed by atoms with Gasteiger partial charge in [0.1, 0.15) is 6.04 Å². The molecule has 1 amide bonds. The molecule has 1 aromatic carbocycles. The van der Waals surface area contributed by atoms with Crippen molar-refractivity contribution in [1.82, 2.24) is 14.5 Å². The molecule has 21 heavy (non-hydrogen) atoms. The first-order chi connectivity index (χ1) is 10.2. The number of carbonyl (C=O) groups is 1. The van der Waals surface area contributed by atoms with Gasteiger partial charge in [-0.3, -0.25) is 14.2 Å². The van der Waals surface area contributed by atoms with Gasteiger partial charge in [-0.15, -0.1) is 0 Å². The van der Waals surface area contributed by atoms with E-state index < -0.39 is 6.04 Å². The molecule has 1 aliphatic heterocycles. The maximum Gasteiger partial charge on any atom is 0.261 e. The summed E-state index contributed by atoms with van der Waals surface area (Å²) in [5.41, 5.74) is 0.509. The van der Waals surface area contributed by atoms with Gasteiger partial charge in [-0.2, -0.15) is 0 Å². The Morgan fingerprint density at radius 2 is 1.90 bits per heavy atom. The maximum atomic E-state index is 12.5. The zero-order valence-electron chi connectivity index (χ0n) is 12.2. The van der Waals surface area contributed by atoms with Crippen molar-refractivity contribution in [3.05, 3.63) is 40.9 Å². The van der Waals surface area contributed by atoms with Crippen molar-refractivity contribution in [2.75, 3.05) is 13.1 Å². The highest BCUT2D eigenvalue weighted by Crippen LogP contribution is 2.15. The average Bonchev–Trinajstić information content (AvgIpc) is 2.55. The van der Waals surface area contributed by atoms with E-state index in [1.807, 2.05) is 17.0 Å². The SMILES string of the molecule is C[C@@H](C(=O)N1CCCCC1)n1cnc2ccccc2c1=O. The molecular formula is C16H19N3O2. The van der Waals surface area contributed by atoms with Gasteiger partial charge in [0.2, 0.25) is 5.91 Å². The van der Waals surface area contributed by atoms with E-state index in [1.165, 1.54) is 17.3 Å². The highest BCUT2D eigenvalue weighted by molar-refractivity contribution is 5.81. The minimum absolute atomic E-state index is 0.00822. The number of amides is 1. The van der Waals surface area contributed by atoms with E-state index in [2.05, 4.69) is 4.98 Å². The summed E-state index contributed by atoms with van der Waals surface area (Å²) in [6, 6.07) is 6.71.